The van der Waals surface area contributed by atoms with Crippen LogP contribution in [0.5, 0.6) is 0 Å². The standard InChI is InChI=1S/C21H25N3O5S/c1-14-7-8-16(30(27,28)24-9-11-29-12-10-24)13-17(14)20(25)23-18-6-4-5-15(2)19(18)21(26)22-3/h4-8,13H,9-12H2,1-3H3,(H,22,26)(H,23,25). The maximum atomic E-state index is 13.0. The number of sulfonamides is 1. The maximum Gasteiger partial charge on any atom is 0.255 e. The molecule has 0 unspecified atom stereocenters. The summed E-state index contributed by atoms with van der Waals surface area (Å²) < 4.78 is 32.5. The van der Waals surface area contributed by atoms with E-state index in [9.17, 15) is 18.0 Å². The molecule has 1 saturated heterocycles. The van der Waals surface area contributed by atoms with E-state index in [4.69, 9.17) is 4.74 Å². The predicted molar refractivity (Wildman–Crippen MR) is 113 cm³/mol. The molecular formula is C21H25N3O5S. The zero-order valence-corrected chi connectivity index (χ0v) is 18.0. The Hall–Kier alpha value is -2.75. The summed E-state index contributed by atoms with van der Waals surface area (Å²) in [6.07, 6.45) is 0. The Labute approximate surface area is 176 Å². The van der Waals surface area contributed by atoms with Crippen LogP contribution in [0.2, 0.25) is 0 Å². The van der Waals surface area contributed by atoms with E-state index < -0.39 is 15.9 Å². The van der Waals surface area contributed by atoms with Crippen LogP contribution in [-0.4, -0.2) is 57.9 Å². The molecule has 0 radical (unpaired) electrons. The number of rotatable bonds is 5. The molecule has 1 aliphatic rings. The molecule has 1 aliphatic heterocycles. The number of amides is 2. The van der Waals surface area contributed by atoms with Gasteiger partial charge in [0.1, 0.15) is 0 Å². The fourth-order valence-corrected chi connectivity index (χ4v) is 4.76. The molecular weight excluding hydrogens is 406 g/mol. The first-order valence-electron chi connectivity index (χ1n) is 9.57. The van der Waals surface area contributed by atoms with Gasteiger partial charge >= 0.3 is 0 Å². The van der Waals surface area contributed by atoms with E-state index >= 15 is 0 Å². The van der Waals surface area contributed by atoms with Crippen molar-refractivity contribution in [2.75, 3.05) is 38.7 Å². The fourth-order valence-electron chi connectivity index (χ4n) is 3.33. The molecule has 2 aromatic rings. The topological polar surface area (TPSA) is 105 Å². The van der Waals surface area contributed by atoms with Crippen LogP contribution in [0.3, 0.4) is 0 Å². The smallest absolute Gasteiger partial charge is 0.255 e. The Morgan fingerprint density at radius 1 is 1.00 bits per heavy atom. The average molecular weight is 432 g/mol. The van der Waals surface area contributed by atoms with Crippen molar-refractivity contribution in [2.45, 2.75) is 18.7 Å². The first-order valence-corrected chi connectivity index (χ1v) is 11.0. The van der Waals surface area contributed by atoms with E-state index in [1.165, 1.54) is 23.5 Å². The van der Waals surface area contributed by atoms with Gasteiger partial charge in [-0.2, -0.15) is 4.31 Å². The molecule has 0 saturated carbocycles. The van der Waals surface area contributed by atoms with Crippen LogP contribution in [0.4, 0.5) is 5.69 Å². The molecule has 30 heavy (non-hydrogen) atoms. The van der Waals surface area contributed by atoms with Crippen LogP contribution >= 0.6 is 0 Å². The normalized spacial score (nSPS) is 14.9. The summed E-state index contributed by atoms with van der Waals surface area (Å²) in [5.74, 6) is -0.800. The minimum Gasteiger partial charge on any atom is -0.379 e. The second-order valence-electron chi connectivity index (χ2n) is 7.02. The number of hydrogen-bond donors (Lipinski definition) is 2. The molecule has 2 amide bonds. The van der Waals surface area contributed by atoms with E-state index in [-0.39, 0.29) is 29.5 Å². The quantitative estimate of drug-likeness (QED) is 0.753. The molecule has 0 spiro atoms. The largest absolute Gasteiger partial charge is 0.379 e. The zero-order valence-electron chi connectivity index (χ0n) is 17.2. The molecule has 0 atom stereocenters. The summed E-state index contributed by atoms with van der Waals surface area (Å²) in [6.45, 7) is 4.74. The van der Waals surface area contributed by atoms with Crippen LogP contribution < -0.4 is 10.6 Å². The Kier molecular flexibility index (Phi) is 6.55. The molecule has 0 aromatic heterocycles. The van der Waals surface area contributed by atoms with Crippen molar-refractivity contribution in [3.8, 4) is 0 Å². The number of anilines is 1. The van der Waals surface area contributed by atoms with E-state index in [2.05, 4.69) is 10.6 Å². The van der Waals surface area contributed by atoms with Gasteiger partial charge in [0, 0.05) is 25.7 Å². The van der Waals surface area contributed by atoms with Gasteiger partial charge in [0.05, 0.1) is 29.4 Å². The zero-order chi connectivity index (χ0) is 21.9. The second-order valence-corrected chi connectivity index (χ2v) is 8.96. The van der Waals surface area contributed by atoms with Crippen molar-refractivity contribution >= 4 is 27.5 Å². The van der Waals surface area contributed by atoms with Gasteiger partial charge in [0.15, 0.2) is 0 Å². The molecule has 160 valence electrons. The minimum absolute atomic E-state index is 0.0518. The lowest BCUT2D eigenvalue weighted by atomic mass is 10.0. The van der Waals surface area contributed by atoms with E-state index in [1.54, 1.807) is 38.1 Å². The van der Waals surface area contributed by atoms with E-state index in [0.717, 1.165) is 0 Å². The summed E-state index contributed by atoms with van der Waals surface area (Å²) in [5, 5.41) is 5.32. The Morgan fingerprint density at radius 2 is 1.70 bits per heavy atom. The lowest BCUT2D eigenvalue weighted by molar-refractivity contribution is 0.0730. The molecule has 8 nitrogen and oxygen atoms in total. The van der Waals surface area contributed by atoms with Crippen molar-refractivity contribution in [2.24, 2.45) is 0 Å². The number of aryl methyl sites for hydroxylation is 2. The first kappa shape index (κ1) is 21.9. The molecule has 2 aromatic carbocycles. The molecule has 2 N–H and O–H groups in total. The summed E-state index contributed by atoms with van der Waals surface area (Å²) in [5.41, 5.74) is 2.30. The Bertz CT molecular complexity index is 1080. The Morgan fingerprint density at radius 3 is 2.37 bits per heavy atom. The lowest BCUT2D eigenvalue weighted by Gasteiger charge is -2.26. The van der Waals surface area contributed by atoms with Gasteiger partial charge in [-0.1, -0.05) is 18.2 Å². The molecule has 1 heterocycles. The third kappa shape index (κ3) is 4.38. The molecule has 0 bridgehead atoms. The average Bonchev–Trinajstić information content (AvgIpc) is 2.74. The monoisotopic (exact) mass is 431 g/mol. The maximum absolute atomic E-state index is 13.0. The number of hydrogen-bond acceptors (Lipinski definition) is 5. The summed E-state index contributed by atoms with van der Waals surface area (Å²) in [6, 6.07) is 9.65. The van der Waals surface area contributed by atoms with Gasteiger partial charge in [0.2, 0.25) is 10.0 Å². The van der Waals surface area contributed by atoms with Gasteiger partial charge in [0.25, 0.3) is 11.8 Å². The van der Waals surface area contributed by atoms with Gasteiger partial charge in [-0.25, -0.2) is 8.42 Å². The number of nitrogens with zero attached hydrogens (tertiary/aromatic N) is 1. The van der Waals surface area contributed by atoms with Crippen molar-refractivity contribution in [1.82, 2.24) is 9.62 Å². The van der Waals surface area contributed by atoms with Crippen LogP contribution in [0.1, 0.15) is 31.8 Å². The number of nitrogens with one attached hydrogen (secondary N) is 2. The highest BCUT2D eigenvalue weighted by molar-refractivity contribution is 7.89. The van der Waals surface area contributed by atoms with Gasteiger partial charge in [-0.3, -0.25) is 9.59 Å². The summed E-state index contributed by atoms with van der Waals surface area (Å²) in [4.78, 5) is 25.3. The number of carbonyl (C=O) groups excluding carboxylic acids is 2. The van der Waals surface area contributed by atoms with Crippen molar-refractivity contribution in [3.63, 3.8) is 0 Å². The molecule has 9 heteroatoms. The minimum atomic E-state index is -3.73. The van der Waals surface area contributed by atoms with E-state index in [0.29, 0.717) is 35.6 Å². The number of morpholine rings is 1. The predicted octanol–water partition coefficient (Wildman–Crippen LogP) is 1.94. The van der Waals surface area contributed by atoms with Crippen molar-refractivity contribution in [3.05, 3.63) is 58.7 Å². The highest BCUT2D eigenvalue weighted by Crippen LogP contribution is 2.24. The fraction of sp³-hybridized carbons (Fsp3) is 0.333. The summed E-state index contributed by atoms with van der Waals surface area (Å²) in [7, 11) is -2.21. The number of ether oxygens (including phenoxy) is 1. The molecule has 3 rings (SSSR count). The van der Waals surface area contributed by atoms with Gasteiger partial charge in [-0.05, 0) is 43.2 Å². The Balaban J connectivity index is 1.94. The summed E-state index contributed by atoms with van der Waals surface area (Å²) >= 11 is 0. The van der Waals surface area contributed by atoms with Crippen molar-refractivity contribution < 1.29 is 22.7 Å². The third-order valence-electron chi connectivity index (χ3n) is 5.04. The number of carbonyl (C=O) groups is 2. The highest BCUT2D eigenvalue weighted by Gasteiger charge is 2.27. The van der Waals surface area contributed by atoms with Crippen LogP contribution in [0, 0.1) is 13.8 Å². The van der Waals surface area contributed by atoms with Crippen LogP contribution in [0.15, 0.2) is 41.3 Å². The van der Waals surface area contributed by atoms with Crippen LogP contribution in [0.25, 0.3) is 0 Å². The van der Waals surface area contributed by atoms with Crippen molar-refractivity contribution in [1.29, 1.82) is 0 Å². The SMILES string of the molecule is CNC(=O)c1c(C)cccc1NC(=O)c1cc(S(=O)(=O)N2CCOCC2)ccc1C. The lowest BCUT2D eigenvalue weighted by Crippen LogP contribution is -2.40. The second kappa shape index (κ2) is 8.95. The van der Waals surface area contributed by atoms with Crippen LogP contribution in [-0.2, 0) is 14.8 Å². The highest BCUT2D eigenvalue weighted by atomic mass is 32.2. The third-order valence-corrected chi connectivity index (χ3v) is 6.93. The first-order chi connectivity index (χ1) is 14.3. The molecule has 0 aliphatic carbocycles. The van der Waals surface area contributed by atoms with Gasteiger partial charge in [-0.15, -0.1) is 0 Å². The van der Waals surface area contributed by atoms with E-state index in [1.807, 2.05) is 0 Å². The number of benzene rings is 2. The molecule has 1 fully saturated rings. The van der Waals surface area contributed by atoms with Gasteiger partial charge < -0.3 is 15.4 Å².